The number of carbonyl (C=O) groups is 2. The van der Waals surface area contributed by atoms with Gasteiger partial charge in [-0.05, 0) is 12.1 Å². The molecule has 0 spiro atoms. The van der Waals surface area contributed by atoms with E-state index in [0.29, 0.717) is 21.8 Å². The second kappa shape index (κ2) is 7.81. The number of thiazole rings is 2. The monoisotopic (exact) mass is 374 g/mol. The Bertz CT molecular complexity index is 877. The van der Waals surface area contributed by atoms with Crippen LogP contribution >= 0.6 is 22.7 Å². The molecule has 0 aromatic carbocycles. The average molecular weight is 374 g/mol. The maximum Gasteiger partial charge on any atom is 0.276 e. The molecule has 3 aromatic heterocycles. The second-order valence-corrected chi connectivity index (χ2v) is 6.54. The summed E-state index contributed by atoms with van der Waals surface area (Å²) in [4.78, 5) is 36.2. The SMILES string of the molecule is CNC(=O)Cc1csc(NC(=O)c2csc(Nc3ccccn3)n2)n1. The van der Waals surface area contributed by atoms with Crippen LogP contribution in [0.15, 0.2) is 35.2 Å². The number of likely N-dealkylation sites (N-methyl/N-ethyl adjacent to an activating group) is 1. The van der Waals surface area contributed by atoms with Gasteiger partial charge >= 0.3 is 0 Å². The number of rotatable bonds is 6. The zero-order valence-electron chi connectivity index (χ0n) is 13.1. The average Bonchev–Trinajstić information content (AvgIpc) is 3.25. The van der Waals surface area contributed by atoms with Gasteiger partial charge in [0.1, 0.15) is 11.5 Å². The molecule has 3 heterocycles. The first-order valence-corrected chi connectivity index (χ1v) is 9.00. The number of hydrogen-bond acceptors (Lipinski definition) is 8. The highest BCUT2D eigenvalue weighted by Gasteiger charge is 2.14. The van der Waals surface area contributed by atoms with Crippen molar-refractivity contribution in [1.82, 2.24) is 20.3 Å². The molecule has 128 valence electrons. The minimum absolute atomic E-state index is 0.132. The van der Waals surface area contributed by atoms with Gasteiger partial charge in [-0.25, -0.2) is 15.0 Å². The lowest BCUT2D eigenvalue weighted by Crippen LogP contribution is -2.20. The van der Waals surface area contributed by atoms with Crippen LogP contribution in [0.4, 0.5) is 16.1 Å². The molecule has 0 atom stereocenters. The van der Waals surface area contributed by atoms with Crippen molar-refractivity contribution in [2.75, 3.05) is 17.7 Å². The molecule has 0 saturated carbocycles. The topological polar surface area (TPSA) is 109 Å². The minimum Gasteiger partial charge on any atom is -0.359 e. The number of carbonyl (C=O) groups excluding carboxylic acids is 2. The van der Waals surface area contributed by atoms with Gasteiger partial charge in [0.25, 0.3) is 5.91 Å². The van der Waals surface area contributed by atoms with Crippen molar-refractivity contribution >= 4 is 50.6 Å². The molecule has 8 nitrogen and oxygen atoms in total. The first-order valence-electron chi connectivity index (χ1n) is 7.24. The van der Waals surface area contributed by atoms with E-state index in [0.717, 1.165) is 0 Å². The van der Waals surface area contributed by atoms with Gasteiger partial charge in [-0.15, -0.1) is 22.7 Å². The smallest absolute Gasteiger partial charge is 0.276 e. The third-order valence-corrected chi connectivity index (χ3v) is 4.59. The van der Waals surface area contributed by atoms with E-state index in [1.165, 1.54) is 22.7 Å². The molecule has 3 N–H and O–H groups in total. The van der Waals surface area contributed by atoms with Gasteiger partial charge in [0.2, 0.25) is 5.91 Å². The first-order chi connectivity index (χ1) is 12.1. The number of pyridine rings is 1. The van der Waals surface area contributed by atoms with E-state index in [1.807, 2.05) is 18.2 Å². The number of nitrogens with zero attached hydrogens (tertiary/aromatic N) is 3. The number of anilines is 3. The highest BCUT2D eigenvalue weighted by molar-refractivity contribution is 7.14. The summed E-state index contributed by atoms with van der Waals surface area (Å²) in [6, 6.07) is 5.48. The van der Waals surface area contributed by atoms with Crippen LogP contribution in [0.3, 0.4) is 0 Å². The summed E-state index contributed by atoms with van der Waals surface area (Å²) in [5, 5.41) is 12.6. The van der Waals surface area contributed by atoms with Crippen LogP contribution in [0.25, 0.3) is 0 Å². The van der Waals surface area contributed by atoms with Crippen molar-refractivity contribution in [2.24, 2.45) is 0 Å². The third kappa shape index (κ3) is 4.58. The van der Waals surface area contributed by atoms with E-state index in [4.69, 9.17) is 0 Å². The van der Waals surface area contributed by atoms with Crippen molar-refractivity contribution in [3.8, 4) is 0 Å². The van der Waals surface area contributed by atoms with Crippen LogP contribution < -0.4 is 16.0 Å². The Morgan fingerprint density at radius 3 is 2.72 bits per heavy atom. The summed E-state index contributed by atoms with van der Waals surface area (Å²) >= 11 is 2.57. The largest absolute Gasteiger partial charge is 0.359 e. The summed E-state index contributed by atoms with van der Waals surface area (Å²) in [7, 11) is 1.57. The van der Waals surface area contributed by atoms with Gasteiger partial charge in [0.15, 0.2) is 10.3 Å². The van der Waals surface area contributed by atoms with Gasteiger partial charge in [-0.1, -0.05) is 6.07 Å². The molecule has 0 saturated heterocycles. The lowest BCUT2D eigenvalue weighted by Gasteiger charge is -2.00. The van der Waals surface area contributed by atoms with Crippen LogP contribution in [-0.2, 0) is 11.2 Å². The molecule has 0 bridgehead atoms. The summed E-state index contributed by atoms with van der Waals surface area (Å²) in [5.41, 5.74) is 0.891. The van der Waals surface area contributed by atoms with Gasteiger partial charge in [-0.2, -0.15) is 0 Å². The zero-order valence-corrected chi connectivity index (χ0v) is 14.8. The molecule has 10 heteroatoms. The van der Waals surface area contributed by atoms with Gasteiger partial charge in [0.05, 0.1) is 12.1 Å². The Kier molecular flexibility index (Phi) is 5.31. The van der Waals surface area contributed by atoms with Crippen LogP contribution in [0.1, 0.15) is 16.2 Å². The maximum atomic E-state index is 12.2. The predicted octanol–water partition coefficient (Wildman–Crippen LogP) is 2.28. The van der Waals surface area contributed by atoms with E-state index >= 15 is 0 Å². The number of amides is 2. The fourth-order valence-electron chi connectivity index (χ4n) is 1.84. The van der Waals surface area contributed by atoms with Gasteiger partial charge in [-0.3, -0.25) is 14.9 Å². The van der Waals surface area contributed by atoms with Crippen molar-refractivity contribution in [3.05, 3.63) is 46.5 Å². The Morgan fingerprint density at radius 1 is 1.12 bits per heavy atom. The van der Waals surface area contributed by atoms with Crippen LogP contribution in [-0.4, -0.2) is 33.8 Å². The molecule has 0 unspecified atom stereocenters. The number of hydrogen-bond donors (Lipinski definition) is 3. The van der Waals surface area contributed by atoms with Crippen LogP contribution in [0.5, 0.6) is 0 Å². The molecule has 3 rings (SSSR count). The maximum absolute atomic E-state index is 12.2. The lowest BCUT2D eigenvalue weighted by atomic mass is 10.3. The molecule has 0 aliphatic carbocycles. The zero-order chi connectivity index (χ0) is 17.6. The number of aromatic nitrogens is 3. The van der Waals surface area contributed by atoms with Crippen molar-refractivity contribution in [2.45, 2.75) is 6.42 Å². The van der Waals surface area contributed by atoms with Crippen molar-refractivity contribution in [3.63, 3.8) is 0 Å². The third-order valence-electron chi connectivity index (χ3n) is 3.03. The molecule has 0 aliphatic rings. The summed E-state index contributed by atoms with van der Waals surface area (Å²) < 4.78 is 0. The standard InChI is InChI=1S/C15H14N6O2S2/c1-16-12(22)6-9-7-24-14(18-9)21-13(23)10-8-25-15(19-10)20-11-4-2-3-5-17-11/h2-5,7-8H,6H2,1H3,(H,16,22)(H,17,19,20)(H,18,21,23). The highest BCUT2D eigenvalue weighted by atomic mass is 32.1. The molecule has 0 fully saturated rings. The molecular weight excluding hydrogens is 360 g/mol. The number of nitrogens with one attached hydrogen (secondary N) is 3. The van der Waals surface area contributed by atoms with Crippen LogP contribution in [0, 0.1) is 0 Å². The van der Waals surface area contributed by atoms with E-state index < -0.39 is 0 Å². The quantitative estimate of drug-likeness (QED) is 0.611. The van der Waals surface area contributed by atoms with E-state index in [-0.39, 0.29) is 23.9 Å². The Hall–Kier alpha value is -2.85. The second-order valence-electron chi connectivity index (χ2n) is 4.83. The Labute approximate surface area is 151 Å². The summed E-state index contributed by atoms with van der Waals surface area (Å²) in [6.45, 7) is 0. The summed E-state index contributed by atoms with van der Waals surface area (Å²) in [5.74, 6) is 0.168. The van der Waals surface area contributed by atoms with Gasteiger partial charge < -0.3 is 10.6 Å². The summed E-state index contributed by atoms with van der Waals surface area (Å²) in [6.07, 6.45) is 1.85. The molecular formula is C15H14N6O2S2. The van der Waals surface area contributed by atoms with E-state index in [9.17, 15) is 9.59 Å². The fourth-order valence-corrected chi connectivity index (χ4v) is 3.24. The Morgan fingerprint density at radius 2 is 1.96 bits per heavy atom. The fraction of sp³-hybridized carbons (Fsp3) is 0.133. The molecule has 2 amide bonds. The van der Waals surface area contributed by atoms with E-state index in [1.54, 1.807) is 24.0 Å². The van der Waals surface area contributed by atoms with Gasteiger partial charge in [0, 0.05) is 24.0 Å². The van der Waals surface area contributed by atoms with E-state index in [2.05, 4.69) is 30.9 Å². The normalized spacial score (nSPS) is 10.3. The van der Waals surface area contributed by atoms with Crippen molar-refractivity contribution < 1.29 is 9.59 Å². The van der Waals surface area contributed by atoms with Crippen LogP contribution in [0.2, 0.25) is 0 Å². The molecule has 3 aromatic rings. The predicted molar refractivity (Wildman–Crippen MR) is 97.5 cm³/mol. The van der Waals surface area contributed by atoms with Crippen molar-refractivity contribution in [1.29, 1.82) is 0 Å². The molecule has 0 aliphatic heterocycles. The lowest BCUT2D eigenvalue weighted by molar-refractivity contribution is -0.120. The first kappa shape index (κ1) is 17.0. The highest BCUT2D eigenvalue weighted by Crippen LogP contribution is 2.21. The Balaban J connectivity index is 1.61. The molecule has 0 radical (unpaired) electrons. The minimum atomic E-state index is -0.355. The molecule has 25 heavy (non-hydrogen) atoms.